The highest BCUT2D eigenvalue weighted by atomic mass is 35.5. The van der Waals surface area contributed by atoms with Crippen molar-refractivity contribution in [3.05, 3.63) is 47.5 Å². The minimum absolute atomic E-state index is 0.0341. The fourth-order valence-electron chi connectivity index (χ4n) is 4.30. The molecular weight excluding hydrogens is 342 g/mol. The lowest BCUT2D eigenvalue weighted by molar-refractivity contribution is 0.124. The summed E-state index contributed by atoms with van der Waals surface area (Å²) >= 11 is 6.91. The fraction of sp³-hybridized carbons (Fsp3) is 0.455. The Morgan fingerprint density at radius 3 is 2.35 bits per heavy atom. The average Bonchev–Trinajstić information content (AvgIpc) is 2.94. The summed E-state index contributed by atoms with van der Waals surface area (Å²) < 4.78 is 0. The Morgan fingerprint density at radius 2 is 1.73 bits per heavy atom. The van der Waals surface area contributed by atoms with Gasteiger partial charge >= 0.3 is 0 Å². The number of nitrogens with one attached hydrogen (secondary N) is 1. The molecule has 0 radical (unpaired) electrons. The van der Waals surface area contributed by atoms with Gasteiger partial charge in [0.05, 0.1) is 16.4 Å². The van der Waals surface area contributed by atoms with Crippen LogP contribution in [0, 0.1) is 6.92 Å². The number of aromatic nitrogens is 1. The number of hydrogen-bond acceptors (Lipinski definition) is 2. The molecule has 0 aliphatic rings. The summed E-state index contributed by atoms with van der Waals surface area (Å²) in [6, 6.07) is 13.0. The van der Waals surface area contributed by atoms with E-state index in [2.05, 4.69) is 93.2 Å². The molecule has 3 rings (SSSR count). The third-order valence-corrected chi connectivity index (χ3v) is 6.08. The molecule has 0 bridgehead atoms. The third-order valence-electron chi connectivity index (χ3n) is 5.72. The van der Waals surface area contributed by atoms with Crippen LogP contribution in [0.2, 0.25) is 0 Å². The summed E-state index contributed by atoms with van der Waals surface area (Å²) in [7, 11) is 8.54. The lowest BCUT2D eigenvalue weighted by Crippen LogP contribution is -2.50. The molecule has 3 aromatic rings. The number of para-hydroxylation sites is 1. The normalized spacial score (nSPS) is 15.9. The molecule has 1 N–H and O–H groups in total. The van der Waals surface area contributed by atoms with Gasteiger partial charge in [0.2, 0.25) is 0 Å². The van der Waals surface area contributed by atoms with E-state index >= 15 is 0 Å². The van der Waals surface area contributed by atoms with E-state index in [-0.39, 0.29) is 10.9 Å². The number of rotatable bonds is 6. The van der Waals surface area contributed by atoms with Gasteiger partial charge in [0, 0.05) is 21.9 Å². The molecule has 2 atom stereocenters. The molecule has 2 unspecified atom stereocenters. The second-order valence-electron chi connectivity index (χ2n) is 7.84. The molecule has 0 fully saturated rings. The zero-order valence-electron chi connectivity index (χ0n) is 16.7. The zero-order valence-corrected chi connectivity index (χ0v) is 17.5. The molecule has 3 nitrogen and oxygen atoms in total. The number of aromatic amines is 1. The number of halogens is 1. The van der Waals surface area contributed by atoms with Gasteiger partial charge in [-0.2, -0.15) is 0 Å². The lowest BCUT2D eigenvalue weighted by atomic mass is 9.79. The summed E-state index contributed by atoms with van der Waals surface area (Å²) in [6.07, 6.45) is 0.965. The highest BCUT2D eigenvalue weighted by Crippen LogP contribution is 2.43. The molecule has 1 heterocycles. The molecule has 0 aliphatic heterocycles. The molecule has 0 spiro atoms. The van der Waals surface area contributed by atoms with Gasteiger partial charge in [-0.05, 0) is 66.6 Å². The Morgan fingerprint density at radius 1 is 1.04 bits per heavy atom. The molecule has 140 valence electrons. The zero-order chi connectivity index (χ0) is 19.1. The average molecular weight is 372 g/mol. The highest BCUT2D eigenvalue weighted by molar-refractivity contribution is 6.21. The van der Waals surface area contributed by atoms with Gasteiger partial charge < -0.3 is 9.88 Å². The number of nitrogens with zero attached hydrogens (tertiary/aromatic N) is 2. The van der Waals surface area contributed by atoms with Crippen molar-refractivity contribution in [1.29, 1.82) is 0 Å². The maximum Gasteiger partial charge on any atom is 0.0653 e. The van der Waals surface area contributed by atoms with E-state index in [1.54, 1.807) is 0 Å². The van der Waals surface area contributed by atoms with Crippen LogP contribution < -0.4 is 0 Å². The topological polar surface area (TPSA) is 22.3 Å². The first kappa shape index (κ1) is 19.2. The maximum atomic E-state index is 6.91. The Kier molecular flexibility index (Phi) is 5.34. The van der Waals surface area contributed by atoms with Gasteiger partial charge in [-0.1, -0.05) is 30.3 Å². The molecule has 4 heteroatoms. The number of aryl methyl sites for hydroxylation is 1. The number of hydrogen-bond donors (Lipinski definition) is 1. The molecular formula is C22H30ClN3. The quantitative estimate of drug-likeness (QED) is 0.618. The summed E-state index contributed by atoms with van der Waals surface area (Å²) in [4.78, 5) is 8.23. The predicted molar refractivity (Wildman–Crippen MR) is 114 cm³/mol. The van der Waals surface area contributed by atoms with Crippen LogP contribution in [0.15, 0.2) is 36.4 Å². The van der Waals surface area contributed by atoms with E-state index < -0.39 is 0 Å². The second kappa shape index (κ2) is 7.22. The van der Waals surface area contributed by atoms with Gasteiger partial charge in [0.25, 0.3) is 0 Å². The third kappa shape index (κ3) is 3.02. The summed E-state index contributed by atoms with van der Waals surface area (Å²) in [5.74, 6) is 0. The van der Waals surface area contributed by atoms with Gasteiger partial charge in [-0.25, -0.2) is 0 Å². The Hall–Kier alpha value is -1.55. The first-order chi connectivity index (χ1) is 12.3. The minimum atomic E-state index is -0.254. The Labute approximate surface area is 161 Å². The van der Waals surface area contributed by atoms with Crippen molar-refractivity contribution in [2.75, 3.05) is 34.7 Å². The summed E-state index contributed by atoms with van der Waals surface area (Å²) in [5, 5.41) is 2.51. The van der Waals surface area contributed by atoms with E-state index in [0.717, 1.165) is 13.0 Å². The number of alkyl halides is 1. The minimum Gasteiger partial charge on any atom is -0.354 e. The van der Waals surface area contributed by atoms with Crippen molar-refractivity contribution in [2.24, 2.45) is 0 Å². The second-order valence-corrected chi connectivity index (χ2v) is 8.49. The molecule has 0 amide bonds. The predicted octanol–water partition coefficient (Wildman–Crippen LogP) is 4.97. The van der Waals surface area contributed by atoms with Crippen LogP contribution in [-0.2, 0) is 5.54 Å². The van der Waals surface area contributed by atoms with Crippen molar-refractivity contribution in [2.45, 2.75) is 31.2 Å². The van der Waals surface area contributed by atoms with Crippen LogP contribution >= 0.6 is 11.6 Å². The largest absolute Gasteiger partial charge is 0.354 e. The SMILES string of the molecule is Cc1ccc2c([nH]c3ccccc32)c1C(CCN(C)C)(C(C)Cl)N(C)C. The van der Waals surface area contributed by atoms with Gasteiger partial charge in [0.1, 0.15) is 0 Å². The standard InChI is InChI=1S/C22H30ClN3/c1-15-11-12-18-17-9-7-8-10-19(17)24-21(18)20(15)22(16(2)23,26(5)6)13-14-25(3)4/h7-12,16,24H,13-14H2,1-6H3. The van der Waals surface area contributed by atoms with E-state index in [9.17, 15) is 0 Å². The van der Waals surface area contributed by atoms with E-state index in [4.69, 9.17) is 11.6 Å². The summed E-state index contributed by atoms with van der Waals surface area (Å²) in [5.41, 5.74) is 4.74. The number of fused-ring (bicyclic) bond motifs is 3. The number of H-pyrrole nitrogens is 1. The first-order valence-electron chi connectivity index (χ1n) is 9.25. The van der Waals surface area contributed by atoms with Gasteiger partial charge in [-0.15, -0.1) is 11.6 Å². The molecule has 1 aromatic heterocycles. The first-order valence-corrected chi connectivity index (χ1v) is 9.69. The molecule has 26 heavy (non-hydrogen) atoms. The van der Waals surface area contributed by atoms with E-state index in [1.807, 2.05) is 0 Å². The van der Waals surface area contributed by atoms with Crippen LogP contribution in [0.5, 0.6) is 0 Å². The number of benzene rings is 2. The van der Waals surface area contributed by atoms with Crippen LogP contribution in [-0.4, -0.2) is 54.9 Å². The Balaban J connectivity index is 2.35. The van der Waals surface area contributed by atoms with E-state index in [0.29, 0.717) is 0 Å². The van der Waals surface area contributed by atoms with Gasteiger partial charge in [-0.3, -0.25) is 4.90 Å². The van der Waals surface area contributed by atoms with E-state index in [1.165, 1.54) is 32.9 Å². The Bertz CT molecular complexity index is 900. The van der Waals surface area contributed by atoms with Crippen molar-refractivity contribution < 1.29 is 0 Å². The van der Waals surface area contributed by atoms with Crippen LogP contribution in [0.1, 0.15) is 24.5 Å². The molecule has 0 saturated heterocycles. The summed E-state index contributed by atoms with van der Waals surface area (Å²) in [6.45, 7) is 5.30. The van der Waals surface area contributed by atoms with Crippen LogP contribution in [0.25, 0.3) is 21.8 Å². The van der Waals surface area contributed by atoms with Crippen LogP contribution in [0.3, 0.4) is 0 Å². The fourth-order valence-corrected chi connectivity index (χ4v) is 4.71. The van der Waals surface area contributed by atoms with Crippen molar-refractivity contribution in [3.63, 3.8) is 0 Å². The van der Waals surface area contributed by atoms with Crippen LogP contribution in [0.4, 0.5) is 0 Å². The van der Waals surface area contributed by atoms with Gasteiger partial charge in [0.15, 0.2) is 0 Å². The maximum absolute atomic E-state index is 6.91. The van der Waals surface area contributed by atoms with Crippen molar-refractivity contribution in [3.8, 4) is 0 Å². The molecule has 2 aromatic carbocycles. The molecule has 0 saturated carbocycles. The lowest BCUT2D eigenvalue weighted by Gasteiger charge is -2.44. The smallest absolute Gasteiger partial charge is 0.0653 e. The van der Waals surface area contributed by atoms with Crippen molar-refractivity contribution >= 4 is 33.4 Å². The molecule has 0 aliphatic carbocycles. The highest BCUT2D eigenvalue weighted by Gasteiger charge is 2.42. The van der Waals surface area contributed by atoms with Crippen molar-refractivity contribution in [1.82, 2.24) is 14.8 Å². The monoisotopic (exact) mass is 371 g/mol.